The average Bonchev–Trinajstić information content (AvgIpc) is 2.60. The summed E-state index contributed by atoms with van der Waals surface area (Å²) < 4.78 is 1.95. The molecule has 0 bridgehead atoms. The maximum atomic E-state index is 6.16. The molecule has 96 valence electrons. The molecule has 0 unspecified atom stereocenters. The molecule has 2 N–H and O–H groups in total. The fourth-order valence-corrected chi connectivity index (χ4v) is 2.24. The molecule has 0 fully saturated rings. The predicted octanol–water partition coefficient (Wildman–Crippen LogP) is 2.70. The number of aryl methyl sites for hydroxylation is 1. The quantitative estimate of drug-likeness (QED) is 0.922. The molecule has 2 aromatic rings. The van der Waals surface area contributed by atoms with E-state index in [1.165, 1.54) is 11.1 Å². The largest absolute Gasteiger partial charge is 0.330 e. The minimum absolute atomic E-state index is 0.662. The van der Waals surface area contributed by atoms with E-state index in [0.29, 0.717) is 6.54 Å². The van der Waals surface area contributed by atoms with Crippen LogP contribution in [-0.4, -0.2) is 16.3 Å². The molecule has 0 atom stereocenters. The number of nitrogens with zero attached hydrogens (tertiary/aromatic N) is 2. The number of hydrogen-bond donors (Lipinski definition) is 1. The third kappa shape index (κ3) is 2.57. The van der Waals surface area contributed by atoms with Crippen molar-refractivity contribution >= 4 is 11.6 Å². The zero-order valence-corrected chi connectivity index (χ0v) is 11.5. The molecule has 3 nitrogen and oxygen atoms in total. The molecule has 0 saturated heterocycles. The minimum atomic E-state index is 0.662. The van der Waals surface area contributed by atoms with Crippen molar-refractivity contribution < 1.29 is 0 Å². The van der Waals surface area contributed by atoms with Crippen molar-refractivity contribution in [2.75, 3.05) is 6.54 Å². The number of benzene rings is 1. The van der Waals surface area contributed by atoms with Crippen LogP contribution in [0.4, 0.5) is 0 Å². The average molecular weight is 264 g/mol. The summed E-state index contributed by atoms with van der Waals surface area (Å²) in [5.74, 6) is 0. The van der Waals surface area contributed by atoms with E-state index >= 15 is 0 Å². The van der Waals surface area contributed by atoms with Gasteiger partial charge in [0.2, 0.25) is 0 Å². The first kappa shape index (κ1) is 13.1. The van der Waals surface area contributed by atoms with E-state index < -0.39 is 0 Å². The monoisotopic (exact) mass is 263 g/mol. The van der Waals surface area contributed by atoms with Crippen molar-refractivity contribution in [3.8, 4) is 0 Å². The van der Waals surface area contributed by atoms with Gasteiger partial charge in [-0.15, -0.1) is 0 Å². The Morgan fingerprint density at radius 2 is 1.89 bits per heavy atom. The van der Waals surface area contributed by atoms with Gasteiger partial charge in [0, 0.05) is 0 Å². The Bertz CT molecular complexity index is 546. The lowest BCUT2D eigenvalue weighted by molar-refractivity contribution is 0.654. The van der Waals surface area contributed by atoms with Gasteiger partial charge in [0.15, 0.2) is 0 Å². The van der Waals surface area contributed by atoms with Crippen LogP contribution in [0.5, 0.6) is 0 Å². The van der Waals surface area contributed by atoms with Gasteiger partial charge in [0.25, 0.3) is 0 Å². The number of halogens is 1. The van der Waals surface area contributed by atoms with Gasteiger partial charge in [-0.05, 0) is 37.9 Å². The van der Waals surface area contributed by atoms with E-state index in [1.54, 1.807) is 0 Å². The molecule has 1 heterocycles. The van der Waals surface area contributed by atoms with Gasteiger partial charge in [0.05, 0.1) is 23.0 Å². The third-order valence-corrected chi connectivity index (χ3v) is 3.69. The van der Waals surface area contributed by atoms with E-state index in [1.807, 2.05) is 30.7 Å². The maximum Gasteiger partial charge on any atom is 0.0844 e. The van der Waals surface area contributed by atoms with E-state index in [9.17, 15) is 0 Å². The molecule has 0 aliphatic rings. The zero-order valence-electron chi connectivity index (χ0n) is 10.8. The molecular weight excluding hydrogens is 246 g/mol. The Kier molecular flexibility index (Phi) is 4.04. The van der Waals surface area contributed by atoms with Gasteiger partial charge in [-0.25, -0.2) is 0 Å². The van der Waals surface area contributed by atoms with Crippen LogP contribution in [-0.2, 0) is 13.0 Å². The van der Waals surface area contributed by atoms with Crippen molar-refractivity contribution in [1.82, 2.24) is 9.78 Å². The van der Waals surface area contributed by atoms with Gasteiger partial charge >= 0.3 is 0 Å². The SMILES string of the molecule is Cc1nn(Cc2ccccc2CCN)c(C)c1Cl. The van der Waals surface area contributed by atoms with Crippen LogP contribution in [0.15, 0.2) is 24.3 Å². The van der Waals surface area contributed by atoms with E-state index in [-0.39, 0.29) is 0 Å². The highest BCUT2D eigenvalue weighted by atomic mass is 35.5. The summed E-state index contributed by atoms with van der Waals surface area (Å²) in [7, 11) is 0. The molecular formula is C14H18ClN3. The molecule has 0 saturated carbocycles. The van der Waals surface area contributed by atoms with Gasteiger partial charge in [-0.1, -0.05) is 35.9 Å². The summed E-state index contributed by atoms with van der Waals surface area (Å²) in [6.45, 7) is 5.33. The molecule has 4 heteroatoms. The Hall–Kier alpha value is -1.32. The maximum absolute atomic E-state index is 6.16. The summed E-state index contributed by atoms with van der Waals surface area (Å²) in [4.78, 5) is 0. The van der Waals surface area contributed by atoms with Crippen molar-refractivity contribution in [2.45, 2.75) is 26.8 Å². The predicted molar refractivity (Wildman–Crippen MR) is 75.0 cm³/mol. The van der Waals surface area contributed by atoms with E-state index in [2.05, 4.69) is 17.2 Å². The zero-order chi connectivity index (χ0) is 13.1. The molecule has 18 heavy (non-hydrogen) atoms. The topological polar surface area (TPSA) is 43.8 Å². The summed E-state index contributed by atoms with van der Waals surface area (Å²) in [5, 5.41) is 5.22. The van der Waals surface area contributed by atoms with Crippen LogP contribution < -0.4 is 5.73 Å². The van der Waals surface area contributed by atoms with Crippen molar-refractivity contribution in [2.24, 2.45) is 5.73 Å². The molecule has 1 aromatic carbocycles. The molecule has 0 spiro atoms. The molecule has 0 radical (unpaired) electrons. The first-order valence-electron chi connectivity index (χ1n) is 6.10. The highest BCUT2D eigenvalue weighted by Crippen LogP contribution is 2.20. The van der Waals surface area contributed by atoms with Gasteiger partial charge in [-0.2, -0.15) is 5.10 Å². The number of aromatic nitrogens is 2. The summed E-state index contributed by atoms with van der Waals surface area (Å²) >= 11 is 6.16. The Labute approximate surface area is 113 Å². The van der Waals surface area contributed by atoms with Gasteiger partial charge < -0.3 is 5.73 Å². The van der Waals surface area contributed by atoms with Crippen LogP contribution in [0.1, 0.15) is 22.5 Å². The van der Waals surface area contributed by atoms with E-state index in [4.69, 9.17) is 17.3 Å². The highest BCUT2D eigenvalue weighted by Gasteiger charge is 2.10. The van der Waals surface area contributed by atoms with Crippen LogP contribution in [0, 0.1) is 13.8 Å². The van der Waals surface area contributed by atoms with Crippen molar-refractivity contribution in [3.63, 3.8) is 0 Å². The molecule has 1 aromatic heterocycles. The molecule has 2 rings (SSSR count). The first-order valence-corrected chi connectivity index (χ1v) is 6.47. The summed E-state index contributed by atoms with van der Waals surface area (Å²) in [6, 6.07) is 8.33. The Morgan fingerprint density at radius 1 is 1.22 bits per heavy atom. The second-order valence-corrected chi connectivity index (χ2v) is 4.83. The Morgan fingerprint density at radius 3 is 2.44 bits per heavy atom. The number of hydrogen-bond acceptors (Lipinski definition) is 2. The summed E-state index contributed by atoms with van der Waals surface area (Å²) in [5.41, 5.74) is 10.1. The third-order valence-electron chi connectivity index (χ3n) is 3.15. The van der Waals surface area contributed by atoms with Crippen LogP contribution in [0.2, 0.25) is 5.02 Å². The van der Waals surface area contributed by atoms with Crippen molar-refractivity contribution in [3.05, 3.63) is 51.8 Å². The fraction of sp³-hybridized carbons (Fsp3) is 0.357. The minimum Gasteiger partial charge on any atom is -0.330 e. The van der Waals surface area contributed by atoms with Gasteiger partial charge in [0.1, 0.15) is 0 Å². The highest BCUT2D eigenvalue weighted by molar-refractivity contribution is 6.31. The van der Waals surface area contributed by atoms with Crippen LogP contribution in [0.3, 0.4) is 0 Å². The number of rotatable bonds is 4. The standard InChI is InChI=1S/C14H18ClN3/c1-10-14(15)11(2)18(17-10)9-13-6-4-3-5-12(13)7-8-16/h3-6H,7-9,16H2,1-2H3. The van der Waals surface area contributed by atoms with Crippen LogP contribution >= 0.6 is 11.6 Å². The molecule has 0 amide bonds. The Balaban J connectivity index is 2.31. The lowest BCUT2D eigenvalue weighted by atomic mass is 10.0. The summed E-state index contributed by atoms with van der Waals surface area (Å²) in [6.07, 6.45) is 0.892. The first-order chi connectivity index (χ1) is 8.63. The second kappa shape index (κ2) is 5.55. The lowest BCUT2D eigenvalue weighted by Crippen LogP contribution is -2.09. The van der Waals surface area contributed by atoms with Crippen LogP contribution in [0.25, 0.3) is 0 Å². The lowest BCUT2D eigenvalue weighted by Gasteiger charge is -2.10. The molecule has 0 aliphatic carbocycles. The fourth-order valence-electron chi connectivity index (χ4n) is 2.10. The number of nitrogens with two attached hydrogens (primary N) is 1. The normalized spacial score (nSPS) is 10.9. The molecule has 0 aliphatic heterocycles. The smallest absolute Gasteiger partial charge is 0.0844 e. The van der Waals surface area contributed by atoms with E-state index in [0.717, 1.165) is 29.4 Å². The second-order valence-electron chi connectivity index (χ2n) is 4.45. The van der Waals surface area contributed by atoms with Gasteiger partial charge in [-0.3, -0.25) is 4.68 Å². The van der Waals surface area contributed by atoms with Crippen molar-refractivity contribution in [1.29, 1.82) is 0 Å².